The summed E-state index contributed by atoms with van der Waals surface area (Å²) in [5, 5.41) is 0. The zero-order valence-corrected chi connectivity index (χ0v) is 17.8. The number of aromatic nitrogens is 1. The molecule has 0 N–H and O–H groups in total. The Morgan fingerprint density at radius 1 is 1.23 bits per heavy atom. The Morgan fingerprint density at radius 2 is 2.07 bits per heavy atom. The van der Waals surface area contributed by atoms with Gasteiger partial charge in [-0.25, -0.2) is 4.79 Å². The number of carbonyl (C=O) groups is 2. The van der Waals surface area contributed by atoms with Crippen LogP contribution in [-0.4, -0.2) is 77.1 Å². The van der Waals surface area contributed by atoms with Crippen molar-refractivity contribution in [2.75, 3.05) is 39.9 Å². The van der Waals surface area contributed by atoms with Crippen molar-refractivity contribution in [1.82, 2.24) is 19.7 Å². The van der Waals surface area contributed by atoms with Gasteiger partial charge in [0.05, 0.1) is 13.2 Å². The van der Waals surface area contributed by atoms with Gasteiger partial charge in [-0.15, -0.1) is 0 Å². The van der Waals surface area contributed by atoms with E-state index in [0.29, 0.717) is 31.9 Å². The van der Waals surface area contributed by atoms with Crippen LogP contribution in [0.2, 0.25) is 0 Å². The predicted octanol–water partition coefficient (Wildman–Crippen LogP) is 2.68. The first-order chi connectivity index (χ1) is 14.6. The Labute approximate surface area is 178 Å². The molecule has 0 unspecified atom stereocenters. The van der Waals surface area contributed by atoms with Crippen LogP contribution in [0.1, 0.15) is 37.7 Å². The van der Waals surface area contributed by atoms with Crippen LogP contribution in [0.15, 0.2) is 36.7 Å². The molecule has 1 aromatic rings. The number of rotatable bonds is 7. The summed E-state index contributed by atoms with van der Waals surface area (Å²) in [6.45, 7) is 3.93. The third kappa shape index (κ3) is 4.14. The average molecular weight is 413 g/mol. The maximum atomic E-state index is 13.5. The number of nitrogens with zero attached hydrogens (tertiary/aromatic N) is 4. The molecule has 7 heteroatoms. The number of urea groups is 1. The molecular formula is C23H32N4O3. The number of amides is 3. The molecule has 3 amide bonds. The first-order valence-electron chi connectivity index (χ1n) is 11.0. The molecule has 1 aromatic heterocycles. The number of methoxy groups -OCH3 is 1. The molecule has 30 heavy (non-hydrogen) atoms. The predicted molar refractivity (Wildman–Crippen MR) is 114 cm³/mol. The Morgan fingerprint density at radius 3 is 2.73 bits per heavy atom. The summed E-state index contributed by atoms with van der Waals surface area (Å²) < 4.78 is 5.25. The molecule has 3 aliphatic rings. The minimum Gasteiger partial charge on any atom is -0.383 e. The van der Waals surface area contributed by atoms with Crippen molar-refractivity contribution in [3.63, 3.8) is 0 Å². The first kappa shape index (κ1) is 21.0. The van der Waals surface area contributed by atoms with E-state index in [0.717, 1.165) is 31.6 Å². The second kappa shape index (κ2) is 9.27. The lowest BCUT2D eigenvalue weighted by atomic mass is 9.84. The van der Waals surface area contributed by atoms with E-state index < -0.39 is 5.54 Å². The highest BCUT2D eigenvalue weighted by molar-refractivity contribution is 6.07. The molecular weight excluding hydrogens is 380 g/mol. The SMILES string of the molecule is COCCN1C(=O)N(Cc2cccnc2)C(=O)C12CCN(C[C@@H]1CC=CCC1)CC2. The van der Waals surface area contributed by atoms with Crippen LogP contribution >= 0.6 is 0 Å². The van der Waals surface area contributed by atoms with E-state index in [1.165, 1.54) is 17.7 Å². The second-order valence-electron chi connectivity index (χ2n) is 8.66. The number of piperidine rings is 1. The van der Waals surface area contributed by atoms with Crippen molar-refractivity contribution < 1.29 is 14.3 Å². The van der Waals surface area contributed by atoms with Crippen molar-refractivity contribution in [2.45, 2.75) is 44.2 Å². The molecule has 1 atom stereocenters. The standard InChI is InChI=1S/C23H32N4O3/c1-30-15-14-27-22(29)26(18-20-8-5-11-24-16-20)21(28)23(27)9-12-25(13-10-23)17-19-6-3-2-4-7-19/h2-3,5,8,11,16,19H,4,6-7,9-10,12-15,17-18H2,1H3/t19-/m1/s1. The van der Waals surface area contributed by atoms with Gasteiger partial charge in [0.1, 0.15) is 5.54 Å². The fourth-order valence-corrected chi connectivity index (χ4v) is 5.06. The molecule has 7 nitrogen and oxygen atoms in total. The van der Waals surface area contributed by atoms with Crippen molar-refractivity contribution in [2.24, 2.45) is 5.92 Å². The van der Waals surface area contributed by atoms with E-state index in [-0.39, 0.29) is 18.5 Å². The zero-order valence-electron chi connectivity index (χ0n) is 17.8. The largest absolute Gasteiger partial charge is 0.383 e. The summed E-state index contributed by atoms with van der Waals surface area (Å²) in [5.74, 6) is 0.643. The van der Waals surface area contributed by atoms with Crippen molar-refractivity contribution in [1.29, 1.82) is 0 Å². The maximum absolute atomic E-state index is 13.5. The minimum absolute atomic E-state index is 0.0623. The van der Waals surface area contributed by atoms with Gasteiger partial charge in [-0.3, -0.25) is 14.7 Å². The lowest BCUT2D eigenvalue weighted by Gasteiger charge is -2.43. The highest BCUT2D eigenvalue weighted by atomic mass is 16.5. The van der Waals surface area contributed by atoms with E-state index in [4.69, 9.17) is 4.74 Å². The van der Waals surface area contributed by atoms with Gasteiger partial charge in [-0.05, 0) is 49.7 Å². The number of pyridine rings is 1. The van der Waals surface area contributed by atoms with Gasteiger partial charge < -0.3 is 14.5 Å². The lowest BCUT2D eigenvalue weighted by Crippen LogP contribution is -2.57. The van der Waals surface area contributed by atoms with Gasteiger partial charge in [0.15, 0.2) is 0 Å². The van der Waals surface area contributed by atoms with E-state index in [1.807, 2.05) is 12.1 Å². The lowest BCUT2D eigenvalue weighted by molar-refractivity contribution is -0.136. The molecule has 1 aliphatic carbocycles. The quantitative estimate of drug-likeness (QED) is 0.509. The fourth-order valence-electron chi connectivity index (χ4n) is 5.06. The number of ether oxygens (including phenoxy) is 1. The topological polar surface area (TPSA) is 66.0 Å². The van der Waals surface area contributed by atoms with E-state index >= 15 is 0 Å². The summed E-state index contributed by atoms with van der Waals surface area (Å²) in [7, 11) is 1.63. The third-order valence-electron chi connectivity index (χ3n) is 6.78. The van der Waals surface area contributed by atoms with Crippen LogP contribution in [0, 0.1) is 5.92 Å². The molecule has 0 radical (unpaired) electrons. The minimum atomic E-state index is -0.735. The van der Waals surface area contributed by atoms with Crippen LogP contribution in [0.3, 0.4) is 0 Å². The Hall–Kier alpha value is -2.25. The molecule has 2 fully saturated rings. The highest BCUT2D eigenvalue weighted by Gasteiger charge is 2.57. The van der Waals surface area contributed by atoms with Crippen LogP contribution in [0.5, 0.6) is 0 Å². The molecule has 4 rings (SSSR count). The molecule has 3 heterocycles. The molecule has 0 aromatic carbocycles. The number of hydrogen-bond acceptors (Lipinski definition) is 5. The van der Waals surface area contributed by atoms with Gasteiger partial charge in [0.25, 0.3) is 5.91 Å². The van der Waals surface area contributed by atoms with Gasteiger partial charge in [0, 0.05) is 45.7 Å². The molecule has 0 saturated carbocycles. The molecule has 2 aliphatic heterocycles. The van der Waals surface area contributed by atoms with Crippen molar-refractivity contribution >= 4 is 11.9 Å². The van der Waals surface area contributed by atoms with E-state index in [1.54, 1.807) is 24.4 Å². The molecule has 2 saturated heterocycles. The first-order valence-corrected chi connectivity index (χ1v) is 11.0. The molecule has 162 valence electrons. The van der Waals surface area contributed by atoms with E-state index in [2.05, 4.69) is 22.0 Å². The molecule has 1 spiro atoms. The smallest absolute Gasteiger partial charge is 0.328 e. The van der Waals surface area contributed by atoms with Crippen LogP contribution < -0.4 is 0 Å². The number of likely N-dealkylation sites (tertiary alicyclic amines) is 1. The number of carbonyl (C=O) groups excluding carboxylic acids is 2. The fraction of sp³-hybridized carbons (Fsp3) is 0.609. The third-order valence-corrected chi connectivity index (χ3v) is 6.78. The molecule has 0 bridgehead atoms. The number of imide groups is 1. The Balaban J connectivity index is 1.47. The van der Waals surface area contributed by atoms with Gasteiger partial charge in [-0.1, -0.05) is 18.2 Å². The summed E-state index contributed by atoms with van der Waals surface area (Å²) in [5.41, 5.74) is 0.131. The number of hydrogen-bond donors (Lipinski definition) is 0. The average Bonchev–Trinajstić information content (AvgIpc) is 2.96. The normalized spacial score (nSPS) is 24.2. The van der Waals surface area contributed by atoms with Gasteiger partial charge in [-0.2, -0.15) is 0 Å². The van der Waals surface area contributed by atoms with Crippen LogP contribution in [-0.2, 0) is 16.1 Å². The monoisotopic (exact) mass is 412 g/mol. The van der Waals surface area contributed by atoms with Gasteiger partial charge in [0.2, 0.25) is 0 Å². The summed E-state index contributed by atoms with van der Waals surface area (Å²) in [6.07, 6.45) is 12.9. The maximum Gasteiger partial charge on any atom is 0.328 e. The highest BCUT2D eigenvalue weighted by Crippen LogP contribution is 2.38. The Kier molecular flexibility index (Phi) is 6.49. The zero-order chi connectivity index (χ0) is 21.0. The van der Waals surface area contributed by atoms with E-state index in [9.17, 15) is 9.59 Å². The van der Waals surface area contributed by atoms with Gasteiger partial charge >= 0.3 is 6.03 Å². The summed E-state index contributed by atoms with van der Waals surface area (Å²) >= 11 is 0. The second-order valence-corrected chi connectivity index (χ2v) is 8.66. The van der Waals surface area contributed by atoms with Crippen molar-refractivity contribution in [3.8, 4) is 0 Å². The summed E-state index contributed by atoms with van der Waals surface area (Å²) in [4.78, 5) is 36.6. The van der Waals surface area contributed by atoms with Crippen molar-refractivity contribution in [3.05, 3.63) is 42.2 Å². The van der Waals surface area contributed by atoms with Crippen LogP contribution in [0.4, 0.5) is 4.79 Å². The Bertz CT molecular complexity index is 774. The van der Waals surface area contributed by atoms with Crippen LogP contribution in [0.25, 0.3) is 0 Å². The summed E-state index contributed by atoms with van der Waals surface area (Å²) in [6, 6.07) is 3.53. The number of allylic oxidation sites excluding steroid dienone is 2.